The van der Waals surface area contributed by atoms with Crippen LogP contribution in [0.2, 0.25) is 0 Å². The highest BCUT2D eigenvalue weighted by Gasteiger charge is 2.16. The van der Waals surface area contributed by atoms with Crippen LogP contribution in [-0.2, 0) is 0 Å². The van der Waals surface area contributed by atoms with Crippen molar-refractivity contribution in [1.82, 2.24) is 20.2 Å². The standard InChI is InChI=1S/C13H20N6/c1-10(2)12(8-9-14)15-13-16-17-18-19(13)11-6-4-3-5-7-11/h3-7,10,12H,8-9,14H2,1-2H3,(H,15,16,18). The van der Waals surface area contributed by atoms with Gasteiger partial charge in [-0.25, -0.2) is 0 Å². The fourth-order valence-electron chi connectivity index (χ4n) is 1.94. The molecule has 0 fully saturated rings. The van der Waals surface area contributed by atoms with Crippen molar-refractivity contribution in [3.8, 4) is 5.69 Å². The molecule has 1 aromatic heterocycles. The minimum absolute atomic E-state index is 0.262. The van der Waals surface area contributed by atoms with E-state index >= 15 is 0 Å². The Morgan fingerprint density at radius 3 is 2.63 bits per heavy atom. The Labute approximate surface area is 113 Å². The number of rotatable bonds is 6. The van der Waals surface area contributed by atoms with Gasteiger partial charge in [0, 0.05) is 6.04 Å². The molecule has 2 rings (SSSR count). The number of anilines is 1. The van der Waals surface area contributed by atoms with Gasteiger partial charge in [-0.15, -0.1) is 0 Å². The SMILES string of the molecule is CC(C)C(CCN)Nc1nnnn1-c1ccccc1. The molecule has 2 aromatic rings. The van der Waals surface area contributed by atoms with Crippen LogP contribution in [0.3, 0.4) is 0 Å². The van der Waals surface area contributed by atoms with Crippen LogP contribution in [0.5, 0.6) is 0 Å². The van der Waals surface area contributed by atoms with E-state index in [4.69, 9.17) is 5.73 Å². The zero-order chi connectivity index (χ0) is 13.7. The highest BCUT2D eigenvalue weighted by atomic mass is 15.6. The lowest BCUT2D eigenvalue weighted by atomic mass is 10.0. The molecule has 1 atom stereocenters. The molecule has 1 aromatic carbocycles. The highest BCUT2D eigenvalue weighted by Crippen LogP contribution is 2.15. The average molecular weight is 260 g/mol. The predicted octanol–water partition coefficient (Wildman–Crippen LogP) is 1.45. The van der Waals surface area contributed by atoms with Crippen LogP contribution in [0.1, 0.15) is 20.3 Å². The number of tetrazole rings is 1. The zero-order valence-corrected chi connectivity index (χ0v) is 11.3. The summed E-state index contributed by atoms with van der Waals surface area (Å²) in [6, 6.07) is 10.1. The van der Waals surface area contributed by atoms with Crippen LogP contribution >= 0.6 is 0 Å². The predicted molar refractivity (Wildman–Crippen MR) is 75.1 cm³/mol. The van der Waals surface area contributed by atoms with E-state index in [0.717, 1.165) is 12.1 Å². The van der Waals surface area contributed by atoms with E-state index in [-0.39, 0.29) is 6.04 Å². The van der Waals surface area contributed by atoms with Crippen LogP contribution in [0.15, 0.2) is 30.3 Å². The number of aromatic nitrogens is 4. The van der Waals surface area contributed by atoms with Crippen molar-refractivity contribution >= 4 is 5.95 Å². The first kappa shape index (κ1) is 13.5. The normalized spacial score (nSPS) is 12.6. The molecule has 0 amide bonds. The topological polar surface area (TPSA) is 81.7 Å². The van der Waals surface area contributed by atoms with Crippen LogP contribution in [-0.4, -0.2) is 32.8 Å². The summed E-state index contributed by atoms with van der Waals surface area (Å²) in [4.78, 5) is 0. The molecule has 102 valence electrons. The maximum Gasteiger partial charge on any atom is 0.247 e. The maximum atomic E-state index is 5.65. The molecule has 6 heteroatoms. The number of nitrogens with zero attached hydrogens (tertiary/aromatic N) is 4. The summed E-state index contributed by atoms with van der Waals surface area (Å²) in [6.07, 6.45) is 0.888. The van der Waals surface area contributed by atoms with Crippen molar-refractivity contribution in [2.75, 3.05) is 11.9 Å². The van der Waals surface area contributed by atoms with Crippen molar-refractivity contribution in [3.63, 3.8) is 0 Å². The number of nitrogens with two attached hydrogens (primary N) is 1. The summed E-state index contributed by atoms with van der Waals surface area (Å²) in [6.45, 7) is 4.96. The van der Waals surface area contributed by atoms with Gasteiger partial charge in [0.2, 0.25) is 5.95 Å². The lowest BCUT2D eigenvalue weighted by Crippen LogP contribution is -2.29. The highest BCUT2D eigenvalue weighted by molar-refractivity contribution is 5.38. The second-order valence-corrected chi connectivity index (χ2v) is 4.82. The quantitative estimate of drug-likeness (QED) is 0.821. The van der Waals surface area contributed by atoms with Crippen LogP contribution < -0.4 is 11.1 Å². The van der Waals surface area contributed by atoms with Crippen molar-refractivity contribution in [3.05, 3.63) is 30.3 Å². The summed E-state index contributed by atoms with van der Waals surface area (Å²) in [5.74, 6) is 1.11. The minimum atomic E-state index is 0.262. The Bertz CT molecular complexity index is 493. The smallest absolute Gasteiger partial charge is 0.247 e. The number of hydrogen-bond acceptors (Lipinski definition) is 5. The van der Waals surface area contributed by atoms with Gasteiger partial charge in [-0.05, 0) is 41.4 Å². The lowest BCUT2D eigenvalue weighted by Gasteiger charge is -2.21. The Kier molecular flexibility index (Phi) is 4.46. The van der Waals surface area contributed by atoms with Crippen LogP contribution in [0, 0.1) is 5.92 Å². The molecule has 3 N–H and O–H groups in total. The Morgan fingerprint density at radius 1 is 1.26 bits per heavy atom. The van der Waals surface area contributed by atoms with Gasteiger partial charge in [-0.1, -0.05) is 37.1 Å². The first-order chi connectivity index (χ1) is 9.22. The summed E-state index contributed by atoms with van der Waals surface area (Å²) in [5.41, 5.74) is 6.58. The molecule has 0 saturated heterocycles. The van der Waals surface area contributed by atoms with Crippen molar-refractivity contribution in [1.29, 1.82) is 0 Å². The lowest BCUT2D eigenvalue weighted by molar-refractivity contribution is 0.494. The third kappa shape index (κ3) is 3.29. The maximum absolute atomic E-state index is 5.65. The van der Waals surface area contributed by atoms with Gasteiger partial charge in [0.05, 0.1) is 5.69 Å². The van der Waals surface area contributed by atoms with E-state index in [0.29, 0.717) is 18.4 Å². The molecule has 0 radical (unpaired) electrons. The first-order valence-corrected chi connectivity index (χ1v) is 6.52. The van der Waals surface area contributed by atoms with Gasteiger partial charge in [-0.2, -0.15) is 4.68 Å². The molecule has 0 aliphatic rings. The molecule has 0 bridgehead atoms. The average Bonchev–Trinajstić information content (AvgIpc) is 2.87. The van der Waals surface area contributed by atoms with Gasteiger partial charge >= 0.3 is 0 Å². The van der Waals surface area contributed by atoms with Crippen LogP contribution in [0.4, 0.5) is 5.95 Å². The molecular weight excluding hydrogens is 240 g/mol. The molecule has 0 aliphatic carbocycles. The first-order valence-electron chi connectivity index (χ1n) is 6.52. The Hall–Kier alpha value is -1.95. The third-order valence-corrected chi connectivity index (χ3v) is 3.07. The number of para-hydroxylation sites is 1. The molecule has 0 saturated carbocycles. The van der Waals surface area contributed by atoms with Crippen molar-refractivity contribution in [2.45, 2.75) is 26.3 Å². The van der Waals surface area contributed by atoms with Gasteiger partial charge in [0.15, 0.2) is 0 Å². The molecule has 0 aliphatic heterocycles. The fraction of sp³-hybridized carbons (Fsp3) is 0.462. The summed E-state index contributed by atoms with van der Waals surface area (Å²) < 4.78 is 1.70. The number of benzene rings is 1. The number of nitrogens with one attached hydrogen (secondary N) is 1. The van der Waals surface area contributed by atoms with E-state index in [1.165, 1.54) is 0 Å². The second kappa shape index (κ2) is 6.29. The van der Waals surface area contributed by atoms with E-state index < -0.39 is 0 Å². The molecule has 0 spiro atoms. The second-order valence-electron chi connectivity index (χ2n) is 4.82. The van der Waals surface area contributed by atoms with E-state index in [9.17, 15) is 0 Å². The molecular formula is C13H20N6. The monoisotopic (exact) mass is 260 g/mol. The zero-order valence-electron chi connectivity index (χ0n) is 11.3. The van der Waals surface area contributed by atoms with Gasteiger partial charge in [-0.3, -0.25) is 0 Å². The minimum Gasteiger partial charge on any atom is -0.350 e. The Balaban J connectivity index is 2.20. The summed E-state index contributed by atoms with van der Waals surface area (Å²) >= 11 is 0. The van der Waals surface area contributed by atoms with Gasteiger partial charge < -0.3 is 11.1 Å². The number of hydrogen-bond donors (Lipinski definition) is 2. The third-order valence-electron chi connectivity index (χ3n) is 3.07. The van der Waals surface area contributed by atoms with Gasteiger partial charge in [0.25, 0.3) is 0 Å². The largest absolute Gasteiger partial charge is 0.350 e. The van der Waals surface area contributed by atoms with E-state index in [1.807, 2.05) is 30.3 Å². The van der Waals surface area contributed by atoms with E-state index in [1.54, 1.807) is 4.68 Å². The summed E-state index contributed by atoms with van der Waals surface area (Å²) in [5, 5.41) is 15.2. The molecule has 1 heterocycles. The van der Waals surface area contributed by atoms with Crippen LogP contribution in [0.25, 0.3) is 5.69 Å². The summed E-state index contributed by atoms with van der Waals surface area (Å²) in [7, 11) is 0. The Morgan fingerprint density at radius 2 is 2.00 bits per heavy atom. The van der Waals surface area contributed by atoms with Gasteiger partial charge in [0.1, 0.15) is 0 Å². The molecule has 19 heavy (non-hydrogen) atoms. The van der Waals surface area contributed by atoms with Crippen molar-refractivity contribution < 1.29 is 0 Å². The molecule has 1 unspecified atom stereocenters. The van der Waals surface area contributed by atoms with Crippen molar-refractivity contribution in [2.24, 2.45) is 11.7 Å². The fourth-order valence-corrected chi connectivity index (χ4v) is 1.94. The van der Waals surface area contributed by atoms with E-state index in [2.05, 4.69) is 34.7 Å². The molecule has 6 nitrogen and oxygen atoms in total.